The third kappa shape index (κ3) is 3.44. The van der Waals surface area contributed by atoms with E-state index in [1.165, 1.54) is 0 Å². The van der Waals surface area contributed by atoms with Crippen molar-refractivity contribution in [3.63, 3.8) is 0 Å². The van der Waals surface area contributed by atoms with Gasteiger partial charge in [0.15, 0.2) is 0 Å². The summed E-state index contributed by atoms with van der Waals surface area (Å²) in [5, 5.41) is 7.37. The monoisotopic (exact) mass is 354 g/mol. The van der Waals surface area contributed by atoms with Crippen LogP contribution in [0.5, 0.6) is 0 Å². The average molecular weight is 355 g/mol. The van der Waals surface area contributed by atoms with E-state index in [1.54, 1.807) is 0 Å². The van der Waals surface area contributed by atoms with Crippen LogP contribution in [0.4, 0.5) is 0 Å². The molecule has 0 aromatic heterocycles. The molecule has 4 rings (SSSR count). The average Bonchev–Trinajstić information content (AvgIpc) is 3.34. The first-order valence-electron chi connectivity index (χ1n) is 8.99. The molecule has 2 aromatic rings. The molecule has 2 fully saturated rings. The molecule has 4 heteroatoms. The van der Waals surface area contributed by atoms with E-state index in [9.17, 15) is 4.79 Å². The van der Waals surface area contributed by atoms with Gasteiger partial charge >= 0.3 is 0 Å². The molecule has 1 aliphatic heterocycles. The molecule has 1 heterocycles. The minimum absolute atomic E-state index is 0.153. The summed E-state index contributed by atoms with van der Waals surface area (Å²) in [4.78, 5) is 13.0. The second-order valence-electron chi connectivity index (χ2n) is 7.28. The van der Waals surface area contributed by atoms with Crippen LogP contribution < -0.4 is 10.6 Å². The van der Waals surface area contributed by atoms with Crippen molar-refractivity contribution in [3.8, 4) is 0 Å². The van der Waals surface area contributed by atoms with Crippen molar-refractivity contribution in [1.29, 1.82) is 0 Å². The molecule has 2 aromatic carbocycles. The first kappa shape index (κ1) is 16.6. The summed E-state index contributed by atoms with van der Waals surface area (Å²) in [6, 6.07) is 17.7. The molecule has 2 atom stereocenters. The zero-order chi connectivity index (χ0) is 17.3. The van der Waals surface area contributed by atoms with Crippen LogP contribution in [0.2, 0.25) is 5.02 Å². The van der Waals surface area contributed by atoms with Gasteiger partial charge in [-0.3, -0.25) is 4.79 Å². The van der Waals surface area contributed by atoms with Gasteiger partial charge in [-0.05, 0) is 61.0 Å². The van der Waals surface area contributed by atoms with Gasteiger partial charge in [-0.15, -0.1) is 0 Å². The number of amides is 1. The van der Waals surface area contributed by atoms with E-state index >= 15 is 0 Å². The predicted molar refractivity (Wildman–Crippen MR) is 101 cm³/mol. The van der Waals surface area contributed by atoms with E-state index in [0.717, 1.165) is 43.5 Å². The van der Waals surface area contributed by atoms with Crippen molar-refractivity contribution in [3.05, 3.63) is 70.7 Å². The van der Waals surface area contributed by atoms with Gasteiger partial charge < -0.3 is 10.6 Å². The van der Waals surface area contributed by atoms with Crippen LogP contribution in [0, 0.1) is 11.3 Å². The largest absolute Gasteiger partial charge is 0.345 e. The fourth-order valence-electron chi connectivity index (χ4n) is 4.13. The molecule has 1 saturated heterocycles. The summed E-state index contributed by atoms with van der Waals surface area (Å²) in [5.41, 5.74) is 2.34. The van der Waals surface area contributed by atoms with Crippen LogP contribution in [-0.2, 0) is 4.79 Å². The van der Waals surface area contributed by atoms with E-state index in [4.69, 9.17) is 11.6 Å². The lowest BCUT2D eigenvalue weighted by atomic mass is 9.91. The Morgan fingerprint density at radius 2 is 1.80 bits per heavy atom. The summed E-state index contributed by atoms with van der Waals surface area (Å²) in [5.74, 6) is 0.329. The summed E-state index contributed by atoms with van der Waals surface area (Å²) < 4.78 is 0. The molecular formula is C21H23ClN2O. The molecule has 1 amide bonds. The number of carbonyl (C=O) groups excluding carboxylic acids is 1. The molecule has 2 N–H and O–H groups in total. The highest BCUT2D eigenvalue weighted by molar-refractivity contribution is 6.30. The van der Waals surface area contributed by atoms with Gasteiger partial charge in [-0.25, -0.2) is 0 Å². The molecule has 0 bridgehead atoms. The first-order valence-corrected chi connectivity index (χ1v) is 9.37. The van der Waals surface area contributed by atoms with Crippen molar-refractivity contribution in [2.24, 2.45) is 11.3 Å². The summed E-state index contributed by atoms with van der Waals surface area (Å²) in [6.45, 7) is 2.06. The SMILES string of the molecule is O=C(NC(c1ccccc1)c1cccc(Cl)c1)C1CC12CCNCC2. The number of nitrogens with one attached hydrogen (secondary N) is 2. The predicted octanol–water partition coefficient (Wildman–Crippen LogP) is 3.94. The number of benzene rings is 2. The summed E-state index contributed by atoms with van der Waals surface area (Å²) >= 11 is 6.18. The molecule has 1 aliphatic carbocycles. The molecule has 130 valence electrons. The number of halogens is 1. The maximum absolute atomic E-state index is 13.0. The zero-order valence-electron chi connectivity index (χ0n) is 14.2. The van der Waals surface area contributed by atoms with Gasteiger partial charge in [0.05, 0.1) is 6.04 Å². The lowest BCUT2D eigenvalue weighted by Gasteiger charge is -2.25. The minimum atomic E-state index is -0.160. The molecule has 1 saturated carbocycles. The molecule has 2 unspecified atom stereocenters. The summed E-state index contributed by atoms with van der Waals surface area (Å²) in [7, 11) is 0. The fourth-order valence-corrected chi connectivity index (χ4v) is 4.33. The van der Waals surface area contributed by atoms with Gasteiger partial charge in [0.25, 0.3) is 0 Å². The standard InChI is InChI=1S/C21H23ClN2O/c22-17-8-4-7-16(13-17)19(15-5-2-1-3-6-15)24-20(25)18-14-21(18)9-11-23-12-10-21/h1-8,13,18-19,23H,9-12,14H2,(H,24,25). The minimum Gasteiger partial charge on any atom is -0.345 e. The van der Waals surface area contributed by atoms with Crippen molar-refractivity contribution in [1.82, 2.24) is 10.6 Å². The topological polar surface area (TPSA) is 41.1 Å². The molecule has 0 radical (unpaired) electrons. The summed E-state index contributed by atoms with van der Waals surface area (Å²) in [6.07, 6.45) is 3.24. The highest BCUT2D eigenvalue weighted by Crippen LogP contribution is 2.58. The van der Waals surface area contributed by atoms with Gasteiger partial charge in [0.1, 0.15) is 0 Å². The van der Waals surface area contributed by atoms with Crippen LogP contribution in [0.1, 0.15) is 36.4 Å². The second kappa shape index (κ2) is 6.81. The normalized spacial score (nSPS) is 22.4. The van der Waals surface area contributed by atoms with Gasteiger partial charge in [0, 0.05) is 10.9 Å². The van der Waals surface area contributed by atoms with Crippen LogP contribution in [0.3, 0.4) is 0 Å². The van der Waals surface area contributed by atoms with E-state index in [2.05, 4.69) is 22.8 Å². The van der Waals surface area contributed by atoms with Crippen molar-refractivity contribution in [2.45, 2.75) is 25.3 Å². The fraction of sp³-hybridized carbons (Fsp3) is 0.381. The zero-order valence-corrected chi connectivity index (χ0v) is 14.9. The Hall–Kier alpha value is -1.84. The van der Waals surface area contributed by atoms with Crippen LogP contribution in [0.15, 0.2) is 54.6 Å². The lowest BCUT2D eigenvalue weighted by molar-refractivity contribution is -0.123. The highest BCUT2D eigenvalue weighted by Gasteiger charge is 2.57. The van der Waals surface area contributed by atoms with E-state index < -0.39 is 0 Å². The van der Waals surface area contributed by atoms with Crippen LogP contribution in [-0.4, -0.2) is 19.0 Å². The Bertz CT molecular complexity index is 756. The number of carbonyl (C=O) groups is 1. The van der Waals surface area contributed by atoms with Crippen molar-refractivity contribution in [2.75, 3.05) is 13.1 Å². The van der Waals surface area contributed by atoms with E-state index in [0.29, 0.717) is 5.02 Å². The highest BCUT2D eigenvalue weighted by atomic mass is 35.5. The van der Waals surface area contributed by atoms with E-state index in [1.807, 2.05) is 42.5 Å². The van der Waals surface area contributed by atoms with E-state index in [-0.39, 0.29) is 23.3 Å². The molecule has 2 aliphatic rings. The smallest absolute Gasteiger partial charge is 0.224 e. The Morgan fingerprint density at radius 3 is 2.52 bits per heavy atom. The quantitative estimate of drug-likeness (QED) is 0.873. The Morgan fingerprint density at radius 1 is 1.08 bits per heavy atom. The van der Waals surface area contributed by atoms with Gasteiger partial charge in [-0.1, -0.05) is 54.1 Å². The van der Waals surface area contributed by atoms with Gasteiger partial charge in [-0.2, -0.15) is 0 Å². The third-order valence-corrected chi connectivity index (χ3v) is 5.94. The third-order valence-electron chi connectivity index (χ3n) is 5.71. The molecule has 3 nitrogen and oxygen atoms in total. The van der Waals surface area contributed by atoms with Crippen molar-refractivity contribution >= 4 is 17.5 Å². The maximum atomic E-state index is 13.0. The number of piperidine rings is 1. The Balaban J connectivity index is 1.56. The van der Waals surface area contributed by atoms with Crippen molar-refractivity contribution < 1.29 is 4.79 Å². The molecule has 25 heavy (non-hydrogen) atoms. The Labute approximate surface area is 153 Å². The van der Waals surface area contributed by atoms with Gasteiger partial charge in [0.2, 0.25) is 5.91 Å². The Kier molecular flexibility index (Phi) is 4.53. The lowest BCUT2D eigenvalue weighted by Crippen LogP contribution is -2.35. The molecule has 1 spiro atoms. The maximum Gasteiger partial charge on any atom is 0.224 e. The number of hydrogen-bond acceptors (Lipinski definition) is 2. The first-order chi connectivity index (χ1) is 12.2. The second-order valence-corrected chi connectivity index (χ2v) is 7.71. The molecular weight excluding hydrogens is 332 g/mol. The van der Waals surface area contributed by atoms with Crippen LogP contribution in [0.25, 0.3) is 0 Å². The number of rotatable bonds is 4. The number of hydrogen-bond donors (Lipinski definition) is 2. The van der Waals surface area contributed by atoms with Crippen LogP contribution >= 0.6 is 11.6 Å².